The highest BCUT2D eigenvalue weighted by atomic mass is 16.1. The van der Waals surface area contributed by atoms with Crippen molar-refractivity contribution >= 4 is 12.0 Å². The van der Waals surface area contributed by atoms with Crippen molar-refractivity contribution in [2.45, 2.75) is 46.1 Å². The first-order valence-electron chi connectivity index (χ1n) is 5.05. The van der Waals surface area contributed by atoms with Crippen molar-refractivity contribution in [1.82, 2.24) is 0 Å². The van der Waals surface area contributed by atoms with Gasteiger partial charge in [0.1, 0.15) is 5.78 Å². The third kappa shape index (κ3) is 5.65. The zero-order valence-electron chi connectivity index (χ0n) is 9.29. The molecule has 0 bridgehead atoms. The first-order chi connectivity index (χ1) is 6.61. The van der Waals surface area contributed by atoms with Crippen molar-refractivity contribution in [1.29, 1.82) is 0 Å². The molecule has 0 rings (SSSR count). The van der Waals surface area contributed by atoms with E-state index in [1.807, 2.05) is 19.2 Å². The standard InChI is InChI=1S/C11H20N2O/c1-4-6-7-13-10(5-2)8-11(12)9(3)14/h5,7,11H,4,6,8,12H2,1-3H3/b10-5-,13-7?. The Balaban J connectivity index is 4.11. The monoisotopic (exact) mass is 196 g/mol. The van der Waals surface area contributed by atoms with Gasteiger partial charge in [-0.15, -0.1) is 0 Å². The van der Waals surface area contributed by atoms with Crippen molar-refractivity contribution in [2.24, 2.45) is 10.7 Å². The molecule has 0 aliphatic carbocycles. The summed E-state index contributed by atoms with van der Waals surface area (Å²) in [6.45, 7) is 5.52. The predicted octanol–water partition coefficient (Wildman–Crippen LogP) is 2.07. The summed E-state index contributed by atoms with van der Waals surface area (Å²) in [5.41, 5.74) is 6.52. The Morgan fingerprint density at radius 3 is 2.64 bits per heavy atom. The Morgan fingerprint density at radius 1 is 1.57 bits per heavy atom. The molecule has 0 aliphatic rings. The molecule has 0 aliphatic heterocycles. The minimum atomic E-state index is -0.417. The maximum Gasteiger partial charge on any atom is 0.146 e. The van der Waals surface area contributed by atoms with Gasteiger partial charge < -0.3 is 5.73 Å². The molecular weight excluding hydrogens is 176 g/mol. The lowest BCUT2D eigenvalue weighted by atomic mass is 10.1. The number of allylic oxidation sites excluding steroid dienone is 1. The van der Waals surface area contributed by atoms with Gasteiger partial charge in [-0.25, -0.2) is 0 Å². The van der Waals surface area contributed by atoms with E-state index in [1.165, 1.54) is 6.92 Å². The minimum absolute atomic E-state index is 0.00930. The number of hydrogen-bond donors (Lipinski definition) is 1. The van der Waals surface area contributed by atoms with Crippen molar-refractivity contribution in [3.8, 4) is 0 Å². The molecule has 0 aromatic carbocycles. The highest BCUT2D eigenvalue weighted by Crippen LogP contribution is 2.06. The van der Waals surface area contributed by atoms with Crippen LogP contribution in [0.2, 0.25) is 0 Å². The highest BCUT2D eigenvalue weighted by molar-refractivity contribution is 5.81. The van der Waals surface area contributed by atoms with Crippen LogP contribution in [0.25, 0.3) is 0 Å². The van der Waals surface area contributed by atoms with Crippen LogP contribution in [0.3, 0.4) is 0 Å². The van der Waals surface area contributed by atoms with Crippen LogP contribution in [0, 0.1) is 0 Å². The third-order valence-corrected chi connectivity index (χ3v) is 1.96. The fourth-order valence-electron chi connectivity index (χ4n) is 0.925. The normalized spacial score (nSPS) is 14.7. The second-order valence-electron chi connectivity index (χ2n) is 3.30. The lowest BCUT2D eigenvalue weighted by Gasteiger charge is -2.07. The lowest BCUT2D eigenvalue weighted by molar-refractivity contribution is -0.118. The van der Waals surface area contributed by atoms with E-state index >= 15 is 0 Å². The lowest BCUT2D eigenvalue weighted by Crippen LogP contribution is -2.28. The molecule has 0 aromatic rings. The van der Waals surface area contributed by atoms with E-state index in [1.54, 1.807) is 0 Å². The molecule has 1 atom stereocenters. The van der Waals surface area contributed by atoms with Gasteiger partial charge in [0.15, 0.2) is 0 Å². The Hall–Kier alpha value is -0.960. The molecule has 14 heavy (non-hydrogen) atoms. The van der Waals surface area contributed by atoms with Crippen LogP contribution in [0.1, 0.15) is 40.0 Å². The molecular formula is C11H20N2O. The van der Waals surface area contributed by atoms with Gasteiger partial charge in [0.05, 0.1) is 6.04 Å². The van der Waals surface area contributed by atoms with Gasteiger partial charge in [-0.2, -0.15) is 0 Å². The number of hydrogen-bond acceptors (Lipinski definition) is 3. The number of aliphatic imine (C=N–C) groups is 1. The number of nitrogens with zero attached hydrogens (tertiary/aromatic N) is 1. The van der Waals surface area contributed by atoms with Gasteiger partial charge in [0.2, 0.25) is 0 Å². The summed E-state index contributed by atoms with van der Waals surface area (Å²) in [7, 11) is 0. The second kappa shape index (κ2) is 7.44. The number of rotatable bonds is 6. The molecule has 0 aromatic heterocycles. The number of ketones is 1. The Morgan fingerprint density at radius 2 is 2.21 bits per heavy atom. The molecule has 0 heterocycles. The first-order valence-corrected chi connectivity index (χ1v) is 5.05. The van der Waals surface area contributed by atoms with Gasteiger partial charge in [0, 0.05) is 18.3 Å². The smallest absolute Gasteiger partial charge is 0.146 e. The Kier molecular flexibility index (Phi) is 6.93. The summed E-state index contributed by atoms with van der Waals surface area (Å²) in [5, 5.41) is 0. The summed E-state index contributed by atoms with van der Waals surface area (Å²) in [5.74, 6) is 0.00930. The Bertz CT molecular complexity index is 231. The molecule has 0 amide bonds. The van der Waals surface area contributed by atoms with Crippen LogP contribution >= 0.6 is 0 Å². The molecule has 0 fully saturated rings. The van der Waals surface area contributed by atoms with Gasteiger partial charge in [-0.1, -0.05) is 19.4 Å². The third-order valence-electron chi connectivity index (χ3n) is 1.96. The van der Waals surface area contributed by atoms with Crippen LogP contribution in [0.4, 0.5) is 0 Å². The number of unbranched alkanes of at least 4 members (excludes halogenated alkanes) is 1. The maximum atomic E-state index is 10.9. The van der Waals surface area contributed by atoms with Crippen molar-refractivity contribution in [3.63, 3.8) is 0 Å². The van der Waals surface area contributed by atoms with Crippen LogP contribution in [0.15, 0.2) is 16.8 Å². The van der Waals surface area contributed by atoms with E-state index in [-0.39, 0.29) is 5.78 Å². The van der Waals surface area contributed by atoms with E-state index in [0.29, 0.717) is 6.42 Å². The number of Topliss-reactive ketones (excluding diaryl/α,β-unsaturated/α-hetero) is 1. The Labute approximate surface area is 86.1 Å². The van der Waals surface area contributed by atoms with Crippen molar-refractivity contribution in [2.75, 3.05) is 0 Å². The maximum absolute atomic E-state index is 10.9. The summed E-state index contributed by atoms with van der Waals surface area (Å²) in [4.78, 5) is 15.2. The van der Waals surface area contributed by atoms with Crippen molar-refractivity contribution < 1.29 is 4.79 Å². The molecule has 0 radical (unpaired) electrons. The molecule has 3 nitrogen and oxygen atoms in total. The summed E-state index contributed by atoms with van der Waals surface area (Å²) >= 11 is 0. The van der Waals surface area contributed by atoms with E-state index in [9.17, 15) is 4.79 Å². The van der Waals surface area contributed by atoms with Crippen LogP contribution < -0.4 is 5.73 Å². The number of nitrogens with two attached hydrogens (primary N) is 1. The minimum Gasteiger partial charge on any atom is -0.321 e. The quantitative estimate of drug-likeness (QED) is 0.661. The van der Waals surface area contributed by atoms with Crippen LogP contribution in [-0.2, 0) is 4.79 Å². The van der Waals surface area contributed by atoms with Gasteiger partial charge in [-0.3, -0.25) is 9.79 Å². The molecule has 1 unspecified atom stereocenters. The topological polar surface area (TPSA) is 55.5 Å². The van der Waals surface area contributed by atoms with Gasteiger partial charge in [-0.05, 0) is 20.3 Å². The van der Waals surface area contributed by atoms with E-state index in [0.717, 1.165) is 18.5 Å². The summed E-state index contributed by atoms with van der Waals surface area (Å²) < 4.78 is 0. The zero-order valence-corrected chi connectivity index (χ0v) is 9.29. The van der Waals surface area contributed by atoms with Crippen molar-refractivity contribution in [3.05, 3.63) is 11.8 Å². The molecule has 0 spiro atoms. The van der Waals surface area contributed by atoms with E-state index in [4.69, 9.17) is 5.73 Å². The van der Waals surface area contributed by atoms with E-state index < -0.39 is 6.04 Å². The van der Waals surface area contributed by atoms with Gasteiger partial charge in [0.25, 0.3) is 0 Å². The number of carbonyl (C=O) groups excluding carboxylic acids is 1. The summed E-state index contributed by atoms with van der Waals surface area (Å²) in [6, 6.07) is -0.417. The SMILES string of the molecule is C/C=C(/CC(N)C(C)=O)N=CCCC. The average molecular weight is 196 g/mol. The summed E-state index contributed by atoms with van der Waals surface area (Å²) in [6.07, 6.45) is 6.36. The molecule has 80 valence electrons. The van der Waals surface area contributed by atoms with Crippen LogP contribution in [0.5, 0.6) is 0 Å². The largest absolute Gasteiger partial charge is 0.321 e. The molecule has 3 heteroatoms. The molecule has 2 N–H and O–H groups in total. The number of carbonyl (C=O) groups is 1. The molecule has 0 saturated heterocycles. The van der Waals surface area contributed by atoms with E-state index in [2.05, 4.69) is 11.9 Å². The fourth-order valence-corrected chi connectivity index (χ4v) is 0.925. The fraction of sp³-hybridized carbons (Fsp3) is 0.636. The average Bonchev–Trinajstić information content (AvgIpc) is 2.16. The van der Waals surface area contributed by atoms with Gasteiger partial charge >= 0.3 is 0 Å². The zero-order chi connectivity index (χ0) is 11.0. The first kappa shape index (κ1) is 13.0. The predicted molar refractivity (Wildman–Crippen MR) is 60.4 cm³/mol. The van der Waals surface area contributed by atoms with Crippen LogP contribution in [-0.4, -0.2) is 18.0 Å². The second-order valence-corrected chi connectivity index (χ2v) is 3.30. The highest BCUT2D eigenvalue weighted by Gasteiger charge is 2.09. The molecule has 0 saturated carbocycles.